The molecule has 0 aromatic heterocycles. The maximum atomic E-state index is 8.75. The molecule has 0 radical (unpaired) electrons. The molecule has 1 nitrogen and oxygen atoms in total. The second-order valence-electron chi connectivity index (χ2n) is 2.40. The minimum Gasteiger partial charge on any atom is -0.392 e. The predicted molar refractivity (Wildman–Crippen MR) is 38.2 cm³/mol. The topological polar surface area (TPSA) is 20.2 Å². The van der Waals surface area contributed by atoms with Crippen LogP contribution in [0.3, 0.4) is 0 Å². The molecule has 0 unspecified atom stereocenters. The lowest BCUT2D eigenvalue weighted by Gasteiger charge is -2.08. The van der Waals surface area contributed by atoms with Crippen LogP contribution in [-0.4, -0.2) is 11.7 Å². The highest BCUT2D eigenvalue weighted by Gasteiger charge is 2.00. The fourth-order valence-corrected chi connectivity index (χ4v) is 1.02. The second-order valence-corrected chi connectivity index (χ2v) is 2.40. The van der Waals surface area contributed by atoms with Crippen LogP contribution in [0.5, 0.6) is 0 Å². The first-order valence-electron chi connectivity index (χ1n) is 3.30. The van der Waals surface area contributed by atoms with E-state index in [2.05, 4.69) is 13.0 Å². The quantitative estimate of drug-likeness (QED) is 0.563. The summed E-state index contributed by atoms with van der Waals surface area (Å²) in [6.07, 6.45) is 6.37. The van der Waals surface area contributed by atoms with Crippen molar-refractivity contribution in [3.63, 3.8) is 0 Å². The summed E-state index contributed by atoms with van der Waals surface area (Å²) in [6, 6.07) is 0. The van der Waals surface area contributed by atoms with E-state index in [1.807, 2.05) is 6.08 Å². The van der Waals surface area contributed by atoms with Gasteiger partial charge in [0.25, 0.3) is 0 Å². The Labute approximate surface area is 55.7 Å². The fraction of sp³-hybridized carbons (Fsp3) is 0.500. The molecule has 1 rings (SSSR count). The van der Waals surface area contributed by atoms with Crippen LogP contribution in [-0.2, 0) is 0 Å². The molecule has 0 fully saturated rings. The summed E-state index contributed by atoms with van der Waals surface area (Å²) in [5.41, 5.74) is 2.43. The Bertz CT molecular complexity index is 154. The molecule has 50 valence electrons. The molecule has 0 amide bonds. The number of hydrogen-bond donors (Lipinski definition) is 1. The highest BCUT2D eigenvalue weighted by molar-refractivity contribution is 5.28. The zero-order valence-corrected chi connectivity index (χ0v) is 5.72. The molecule has 0 aliphatic heterocycles. The molecule has 0 heterocycles. The summed E-state index contributed by atoms with van der Waals surface area (Å²) in [6.45, 7) is 2.28. The Morgan fingerprint density at radius 3 is 2.89 bits per heavy atom. The minimum absolute atomic E-state index is 0.197. The van der Waals surface area contributed by atoms with E-state index in [-0.39, 0.29) is 6.61 Å². The van der Waals surface area contributed by atoms with E-state index in [9.17, 15) is 0 Å². The van der Waals surface area contributed by atoms with Crippen molar-refractivity contribution in [1.82, 2.24) is 0 Å². The number of aliphatic hydroxyl groups is 1. The Kier molecular flexibility index (Phi) is 2.06. The van der Waals surface area contributed by atoms with Gasteiger partial charge in [0.2, 0.25) is 0 Å². The molecular formula is C8H12O. The van der Waals surface area contributed by atoms with Crippen molar-refractivity contribution in [2.24, 2.45) is 0 Å². The van der Waals surface area contributed by atoms with Crippen molar-refractivity contribution < 1.29 is 5.11 Å². The van der Waals surface area contributed by atoms with Crippen molar-refractivity contribution in [1.29, 1.82) is 0 Å². The highest BCUT2D eigenvalue weighted by atomic mass is 16.3. The van der Waals surface area contributed by atoms with Crippen molar-refractivity contribution >= 4 is 0 Å². The third-order valence-electron chi connectivity index (χ3n) is 1.72. The van der Waals surface area contributed by atoms with E-state index in [0.29, 0.717) is 0 Å². The third-order valence-corrected chi connectivity index (χ3v) is 1.72. The fourth-order valence-electron chi connectivity index (χ4n) is 1.02. The summed E-state index contributed by atoms with van der Waals surface area (Å²) in [4.78, 5) is 0. The number of aliphatic hydroxyl groups excluding tert-OH is 1. The first-order valence-corrected chi connectivity index (χ1v) is 3.30. The average Bonchev–Trinajstić information content (AvgIpc) is 1.89. The standard InChI is InChI=1S/C8H12O/c1-7-4-2-3-5-8(7)6-9/h3,5,9H,2,4,6H2,1H3. The van der Waals surface area contributed by atoms with Gasteiger partial charge in [0.1, 0.15) is 0 Å². The van der Waals surface area contributed by atoms with Gasteiger partial charge in [-0.25, -0.2) is 0 Å². The highest BCUT2D eigenvalue weighted by Crippen LogP contribution is 2.16. The molecule has 0 bridgehead atoms. The summed E-state index contributed by atoms with van der Waals surface area (Å²) in [5.74, 6) is 0. The van der Waals surface area contributed by atoms with E-state index < -0.39 is 0 Å². The zero-order chi connectivity index (χ0) is 6.69. The van der Waals surface area contributed by atoms with Gasteiger partial charge in [0.15, 0.2) is 0 Å². The predicted octanol–water partition coefficient (Wildman–Crippen LogP) is 1.65. The smallest absolute Gasteiger partial charge is 0.0681 e. The number of rotatable bonds is 1. The number of allylic oxidation sites excluding steroid dienone is 2. The Morgan fingerprint density at radius 1 is 1.67 bits per heavy atom. The van der Waals surface area contributed by atoms with Gasteiger partial charge in [-0.05, 0) is 25.3 Å². The van der Waals surface area contributed by atoms with Gasteiger partial charge in [-0.2, -0.15) is 0 Å². The van der Waals surface area contributed by atoms with E-state index in [1.165, 1.54) is 5.57 Å². The Balaban J connectivity index is 2.72. The molecule has 1 aliphatic rings. The molecule has 1 N–H and O–H groups in total. The lowest BCUT2D eigenvalue weighted by atomic mass is 10.00. The van der Waals surface area contributed by atoms with Crippen LogP contribution in [0.25, 0.3) is 0 Å². The molecule has 0 aromatic rings. The monoisotopic (exact) mass is 124 g/mol. The summed E-state index contributed by atoms with van der Waals surface area (Å²) >= 11 is 0. The second kappa shape index (κ2) is 2.83. The summed E-state index contributed by atoms with van der Waals surface area (Å²) in [7, 11) is 0. The van der Waals surface area contributed by atoms with Gasteiger partial charge < -0.3 is 5.11 Å². The van der Waals surface area contributed by atoms with Crippen LogP contribution in [0.2, 0.25) is 0 Å². The maximum absolute atomic E-state index is 8.75. The average molecular weight is 124 g/mol. The van der Waals surface area contributed by atoms with Gasteiger partial charge in [0, 0.05) is 0 Å². The van der Waals surface area contributed by atoms with Gasteiger partial charge >= 0.3 is 0 Å². The van der Waals surface area contributed by atoms with Crippen molar-refractivity contribution in [3.05, 3.63) is 23.3 Å². The normalized spacial score (nSPS) is 18.9. The van der Waals surface area contributed by atoms with Crippen molar-refractivity contribution in [2.45, 2.75) is 19.8 Å². The molecule has 0 aromatic carbocycles. The van der Waals surface area contributed by atoms with Crippen LogP contribution in [0, 0.1) is 0 Å². The Hall–Kier alpha value is -0.560. The lowest BCUT2D eigenvalue weighted by molar-refractivity contribution is 0.333. The molecule has 1 aliphatic carbocycles. The molecule has 0 saturated heterocycles. The van der Waals surface area contributed by atoms with Gasteiger partial charge in [-0.1, -0.05) is 17.7 Å². The van der Waals surface area contributed by atoms with Crippen LogP contribution >= 0.6 is 0 Å². The van der Waals surface area contributed by atoms with Crippen LogP contribution < -0.4 is 0 Å². The van der Waals surface area contributed by atoms with Crippen molar-refractivity contribution in [3.8, 4) is 0 Å². The zero-order valence-electron chi connectivity index (χ0n) is 5.72. The van der Waals surface area contributed by atoms with Crippen LogP contribution in [0.1, 0.15) is 19.8 Å². The van der Waals surface area contributed by atoms with Gasteiger partial charge in [-0.15, -0.1) is 0 Å². The largest absolute Gasteiger partial charge is 0.392 e. The van der Waals surface area contributed by atoms with Crippen LogP contribution in [0.15, 0.2) is 23.3 Å². The van der Waals surface area contributed by atoms with E-state index in [4.69, 9.17) is 5.11 Å². The molecule has 1 heteroatoms. The van der Waals surface area contributed by atoms with E-state index in [0.717, 1.165) is 18.4 Å². The maximum Gasteiger partial charge on any atom is 0.0681 e. The first-order chi connectivity index (χ1) is 4.34. The van der Waals surface area contributed by atoms with E-state index >= 15 is 0 Å². The molecule has 9 heavy (non-hydrogen) atoms. The SMILES string of the molecule is CC1=C(CO)C=CCC1. The van der Waals surface area contributed by atoms with Gasteiger partial charge in [-0.3, -0.25) is 0 Å². The van der Waals surface area contributed by atoms with E-state index in [1.54, 1.807) is 0 Å². The van der Waals surface area contributed by atoms with Crippen LogP contribution in [0.4, 0.5) is 0 Å². The summed E-state index contributed by atoms with van der Waals surface area (Å²) < 4.78 is 0. The Morgan fingerprint density at radius 2 is 2.44 bits per heavy atom. The summed E-state index contributed by atoms with van der Waals surface area (Å²) in [5, 5.41) is 8.75. The third kappa shape index (κ3) is 1.42. The number of hydrogen-bond acceptors (Lipinski definition) is 1. The molecule has 0 saturated carbocycles. The molecule has 0 spiro atoms. The minimum atomic E-state index is 0.197. The lowest BCUT2D eigenvalue weighted by Crippen LogP contribution is -1.95. The van der Waals surface area contributed by atoms with Crippen molar-refractivity contribution in [2.75, 3.05) is 6.61 Å². The molecular weight excluding hydrogens is 112 g/mol. The molecule has 0 atom stereocenters. The first kappa shape index (κ1) is 6.56. The van der Waals surface area contributed by atoms with Gasteiger partial charge in [0.05, 0.1) is 6.61 Å².